The average molecular weight is 737 g/mol. The number of rotatable bonds is 30. The molecule has 0 aliphatic carbocycles. The molecule has 2 nitrogen and oxygen atoms in total. The number of allylic oxidation sites excluding steroid dienone is 2. The van der Waals surface area contributed by atoms with Crippen molar-refractivity contribution in [2.45, 2.75) is 235 Å². The predicted octanol–water partition coefficient (Wildman–Crippen LogP) is 16.9. The molecule has 0 amide bonds. The molecule has 0 unspecified atom stereocenters. The second kappa shape index (κ2) is 26.4. The Bertz CT molecular complexity index is 1290. The summed E-state index contributed by atoms with van der Waals surface area (Å²) in [6.45, 7) is 18.6. The Morgan fingerprint density at radius 1 is 0.352 bits per heavy atom. The minimum atomic E-state index is 1.03. The molecule has 54 heavy (non-hydrogen) atoms. The van der Waals surface area contributed by atoms with Gasteiger partial charge in [0.15, 0.2) is 0 Å². The molecule has 1 heterocycles. The van der Waals surface area contributed by atoms with Crippen LogP contribution >= 0.6 is 0 Å². The van der Waals surface area contributed by atoms with E-state index in [1.165, 1.54) is 147 Å². The first-order valence-corrected chi connectivity index (χ1v) is 23.7. The summed E-state index contributed by atoms with van der Waals surface area (Å²) in [5.41, 5.74) is 29.6. The molecule has 0 fully saturated rings. The van der Waals surface area contributed by atoms with Gasteiger partial charge >= 0.3 is 0 Å². The van der Waals surface area contributed by atoms with E-state index in [2.05, 4.69) is 79.7 Å². The average Bonchev–Trinajstić information content (AvgIpc) is 3.46. The lowest BCUT2D eigenvalue weighted by Gasteiger charge is -2.19. The first-order chi connectivity index (χ1) is 26.4. The van der Waals surface area contributed by atoms with E-state index in [4.69, 9.17) is 0 Å². The molecule has 0 spiro atoms. The SMILES string of the molecule is CCCCCCc1cc(C2=C(CCCC)C(CCCC)=C(c3cc(CCCCCC)c(CC)c(CCCCCC)c3)[N+]2=[N-])cc(CCCCCC)c1CC. The van der Waals surface area contributed by atoms with E-state index < -0.39 is 0 Å². The van der Waals surface area contributed by atoms with Crippen LogP contribution in [0.5, 0.6) is 0 Å². The van der Waals surface area contributed by atoms with Gasteiger partial charge in [-0.05, 0) is 148 Å². The molecule has 0 N–H and O–H groups in total. The van der Waals surface area contributed by atoms with E-state index >= 15 is 0 Å². The highest BCUT2D eigenvalue weighted by atomic mass is 15.2. The van der Waals surface area contributed by atoms with E-state index in [9.17, 15) is 5.53 Å². The van der Waals surface area contributed by atoms with Gasteiger partial charge < -0.3 is 5.53 Å². The highest BCUT2D eigenvalue weighted by molar-refractivity contribution is 5.83. The van der Waals surface area contributed by atoms with Crippen molar-refractivity contribution in [3.05, 3.63) is 85.5 Å². The normalized spacial score (nSPS) is 13.3. The van der Waals surface area contributed by atoms with Crippen molar-refractivity contribution in [1.82, 2.24) is 0 Å². The highest BCUT2D eigenvalue weighted by Gasteiger charge is 2.36. The Hall–Kier alpha value is -2.48. The molecule has 302 valence electrons. The standard InChI is InChI=1S/C52H84N2/c1-9-17-23-27-31-41-37-45(38-42(47(41)15-7)32-28-24-18-10-2)51-49(35-21-13-5)50(36-22-14-6)52(54(51)53)46-39-43(33-29-25-19-11-3)48(16-8)44(40-46)34-30-26-20-12-4/h37-40H,9-36H2,1-8H3. The van der Waals surface area contributed by atoms with Crippen molar-refractivity contribution in [3.8, 4) is 0 Å². The number of aryl methyl sites for hydroxylation is 4. The maximum absolute atomic E-state index is 12.8. The van der Waals surface area contributed by atoms with Gasteiger partial charge in [-0.3, -0.25) is 0 Å². The van der Waals surface area contributed by atoms with Crippen LogP contribution in [0.2, 0.25) is 0 Å². The van der Waals surface area contributed by atoms with Crippen molar-refractivity contribution in [1.29, 1.82) is 0 Å². The zero-order valence-electron chi connectivity index (χ0n) is 37.0. The Morgan fingerprint density at radius 2 is 0.630 bits per heavy atom. The molecule has 3 rings (SSSR count). The van der Waals surface area contributed by atoms with Gasteiger partial charge in [-0.1, -0.05) is 145 Å². The van der Waals surface area contributed by atoms with Gasteiger partial charge in [0.2, 0.25) is 11.4 Å². The van der Waals surface area contributed by atoms with Gasteiger partial charge in [0, 0.05) is 22.3 Å². The molecule has 2 aromatic rings. The molecule has 0 radical (unpaired) electrons. The van der Waals surface area contributed by atoms with E-state index in [0.717, 1.165) is 88.4 Å². The van der Waals surface area contributed by atoms with Crippen LogP contribution in [0.1, 0.15) is 241 Å². The quantitative estimate of drug-likeness (QED) is 0.0564. The third-order valence-electron chi connectivity index (χ3n) is 12.2. The summed E-state index contributed by atoms with van der Waals surface area (Å²) in [7, 11) is 0. The third kappa shape index (κ3) is 13.3. The van der Waals surface area contributed by atoms with Crippen LogP contribution in [0.25, 0.3) is 16.9 Å². The van der Waals surface area contributed by atoms with Crippen LogP contribution in [0.3, 0.4) is 0 Å². The Kier molecular flexibility index (Phi) is 22.4. The molecule has 0 saturated carbocycles. The minimum Gasteiger partial charge on any atom is -0.493 e. The lowest BCUT2D eigenvalue weighted by molar-refractivity contribution is -0.345. The fraction of sp³-hybridized carbons (Fsp3) is 0.692. The van der Waals surface area contributed by atoms with Gasteiger partial charge in [0.05, 0.1) is 0 Å². The molecule has 1 aliphatic rings. The number of unbranched alkanes of at least 4 members (excludes halogenated alkanes) is 14. The van der Waals surface area contributed by atoms with Gasteiger partial charge in [0.1, 0.15) is 0 Å². The largest absolute Gasteiger partial charge is 0.493 e. The summed E-state index contributed by atoms with van der Waals surface area (Å²) in [4.78, 5) is 0. The Morgan fingerprint density at radius 3 is 0.870 bits per heavy atom. The fourth-order valence-corrected chi connectivity index (χ4v) is 9.13. The molecular weight excluding hydrogens is 653 g/mol. The molecule has 0 atom stereocenters. The molecular formula is C52H84N2. The summed E-state index contributed by atoms with van der Waals surface area (Å²) >= 11 is 0. The molecule has 0 aromatic heterocycles. The van der Waals surface area contributed by atoms with Gasteiger partial charge in [-0.25, -0.2) is 4.70 Å². The van der Waals surface area contributed by atoms with Crippen molar-refractivity contribution in [3.63, 3.8) is 0 Å². The number of nitrogens with zero attached hydrogens (tertiary/aromatic N) is 2. The van der Waals surface area contributed by atoms with Crippen molar-refractivity contribution >= 4 is 11.4 Å². The van der Waals surface area contributed by atoms with Gasteiger partial charge in [0.25, 0.3) is 0 Å². The van der Waals surface area contributed by atoms with Crippen molar-refractivity contribution in [2.24, 2.45) is 0 Å². The van der Waals surface area contributed by atoms with Crippen LogP contribution < -0.4 is 0 Å². The lowest BCUT2D eigenvalue weighted by atomic mass is 9.86. The topological polar surface area (TPSA) is 25.3 Å². The predicted molar refractivity (Wildman–Crippen MR) is 240 cm³/mol. The van der Waals surface area contributed by atoms with Crippen LogP contribution in [0.4, 0.5) is 0 Å². The minimum absolute atomic E-state index is 1.03. The summed E-state index contributed by atoms with van der Waals surface area (Å²) in [6.07, 6.45) is 34.0. The summed E-state index contributed by atoms with van der Waals surface area (Å²) in [5.74, 6) is 0. The van der Waals surface area contributed by atoms with Crippen LogP contribution in [0.15, 0.2) is 35.4 Å². The second-order valence-electron chi connectivity index (χ2n) is 16.7. The maximum Gasteiger partial charge on any atom is 0.211 e. The first-order valence-electron chi connectivity index (χ1n) is 23.7. The summed E-state index contributed by atoms with van der Waals surface area (Å²) in [6, 6.07) is 10.1. The zero-order valence-corrected chi connectivity index (χ0v) is 37.0. The van der Waals surface area contributed by atoms with Crippen molar-refractivity contribution in [2.75, 3.05) is 0 Å². The molecule has 2 heteroatoms. The summed E-state index contributed by atoms with van der Waals surface area (Å²) < 4.78 is 1.71. The van der Waals surface area contributed by atoms with Crippen LogP contribution in [0, 0.1) is 0 Å². The fourth-order valence-electron chi connectivity index (χ4n) is 9.13. The van der Waals surface area contributed by atoms with Crippen LogP contribution in [-0.4, -0.2) is 4.70 Å². The van der Waals surface area contributed by atoms with E-state index in [1.807, 2.05) is 0 Å². The highest BCUT2D eigenvalue weighted by Crippen LogP contribution is 2.46. The summed E-state index contributed by atoms with van der Waals surface area (Å²) in [5, 5.41) is 0. The third-order valence-corrected chi connectivity index (χ3v) is 12.2. The maximum atomic E-state index is 12.8. The van der Waals surface area contributed by atoms with E-state index in [-0.39, 0.29) is 0 Å². The second-order valence-corrected chi connectivity index (χ2v) is 16.7. The number of hydrogen-bond acceptors (Lipinski definition) is 0. The Labute approximate surface area is 335 Å². The van der Waals surface area contributed by atoms with Crippen LogP contribution in [-0.2, 0) is 38.5 Å². The number of hydrogen-bond donors (Lipinski definition) is 0. The van der Waals surface area contributed by atoms with E-state index in [0.29, 0.717) is 0 Å². The van der Waals surface area contributed by atoms with Gasteiger partial charge in [-0.15, -0.1) is 0 Å². The zero-order chi connectivity index (χ0) is 39.1. The van der Waals surface area contributed by atoms with E-state index in [1.54, 1.807) is 15.8 Å². The smallest absolute Gasteiger partial charge is 0.211 e. The molecule has 2 aromatic carbocycles. The monoisotopic (exact) mass is 737 g/mol. The van der Waals surface area contributed by atoms with Crippen molar-refractivity contribution < 1.29 is 4.70 Å². The molecule has 0 bridgehead atoms. The Balaban J connectivity index is 2.27. The number of benzene rings is 2. The first kappa shape index (κ1) is 45.9. The lowest BCUT2D eigenvalue weighted by Crippen LogP contribution is -2.08. The van der Waals surface area contributed by atoms with Gasteiger partial charge in [-0.2, -0.15) is 0 Å². The molecule has 0 saturated heterocycles. The molecule has 1 aliphatic heterocycles.